The first kappa shape index (κ1) is 41.5. The van der Waals surface area contributed by atoms with Gasteiger partial charge < -0.3 is 9.80 Å². The van der Waals surface area contributed by atoms with E-state index in [4.69, 9.17) is 0 Å². The fourth-order valence-corrected chi connectivity index (χ4v) is 11.2. The van der Waals surface area contributed by atoms with Crippen LogP contribution in [0, 0.1) is 0 Å². The minimum Gasteiger partial charge on any atom is -0.322 e. The van der Waals surface area contributed by atoms with E-state index in [1.165, 1.54) is 44.5 Å². The maximum atomic E-state index is 13.3. The number of thiophene rings is 2. The predicted octanol–water partition coefficient (Wildman–Crippen LogP) is 5.82. The second-order valence-corrected chi connectivity index (χ2v) is 19.8. The zero-order valence-electron chi connectivity index (χ0n) is 33.6. The molecule has 9 rings (SSSR count). The Balaban J connectivity index is 0.000000172. The maximum absolute atomic E-state index is 13.3. The summed E-state index contributed by atoms with van der Waals surface area (Å²) in [6.07, 6.45) is 6.53. The monoisotopic (exact) mass is 867 g/mol. The van der Waals surface area contributed by atoms with Crippen molar-refractivity contribution in [2.45, 2.75) is 121 Å². The highest BCUT2D eigenvalue weighted by atomic mass is 32.1. The molecule has 2 unspecified atom stereocenters. The number of hydrogen-bond donors (Lipinski definition) is 2. The highest BCUT2D eigenvalue weighted by Crippen LogP contribution is 2.50. The molecule has 3 fully saturated rings. The number of rotatable bonds is 11. The van der Waals surface area contributed by atoms with Gasteiger partial charge in [-0.2, -0.15) is 0 Å². The van der Waals surface area contributed by atoms with E-state index >= 15 is 0 Å². The smallest absolute Gasteiger partial charge is 0.256 e. The number of fused-ring (bicyclic) bond motifs is 2. The lowest BCUT2D eigenvalue weighted by atomic mass is 9.83. The van der Waals surface area contributed by atoms with Crippen molar-refractivity contribution in [1.29, 1.82) is 0 Å². The van der Waals surface area contributed by atoms with Crippen LogP contribution in [-0.4, -0.2) is 73.9 Å². The van der Waals surface area contributed by atoms with Gasteiger partial charge >= 0.3 is 0 Å². The molecule has 4 aliphatic heterocycles. The number of ketones is 2. The molecular formula is C44H45N5O8S3. The molecule has 1 aromatic carbocycles. The SMILES string of the molecule is CC(C)(C)c1ccc(C2(C(=O)CCc3scc4c3CN(C3CCC(=O)NC3=O)C4=O)CC2)cc1.O=C1CCC(N2Cc3c(csc3CCC(=O)c3nccs3)C2=O)C(=O)N1. The van der Waals surface area contributed by atoms with E-state index in [2.05, 4.69) is 60.7 Å². The molecular weight excluding hydrogens is 823 g/mol. The zero-order valence-corrected chi connectivity index (χ0v) is 36.0. The molecule has 13 nitrogen and oxygen atoms in total. The molecule has 2 N–H and O–H groups in total. The molecule has 1 aliphatic carbocycles. The third kappa shape index (κ3) is 8.04. The number of amides is 6. The molecule has 7 heterocycles. The maximum Gasteiger partial charge on any atom is 0.256 e. The summed E-state index contributed by atoms with van der Waals surface area (Å²) >= 11 is 4.32. The van der Waals surface area contributed by atoms with Crippen molar-refractivity contribution in [2.75, 3.05) is 0 Å². The summed E-state index contributed by atoms with van der Waals surface area (Å²) in [4.78, 5) is 107. The van der Waals surface area contributed by atoms with Crippen molar-refractivity contribution in [2.24, 2.45) is 0 Å². The molecule has 16 heteroatoms. The van der Waals surface area contributed by atoms with Crippen LogP contribution >= 0.6 is 34.0 Å². The average Bonchev–Trinajstić information content (AvgIpc) is 3.67. The number of Topliss-reactive ketones (excluding diaryl/α,β-unsaturated/α-hetero) is 2. The Morgan fingerprint density at radius 3 is 1.72 bits per heavy atom. The number of carbonyl (C=O) groups is 8. The molecule has 60 heavy (non-hydrogen) atoms. The highest BCUT2D eigenvalue weighted by Gasteiger charge is 2.50. The number of nitrogens with zero attached hydrogens (tertiary/aromatic N) is 3. The van der Waals surface area contributed by atoms with Gasteiger partial charge in [-0.25, -0.2) is 4.98 Å². The van der Waals surface area contributed by atoms with Crippen LogP contribution in [0.15, 0.2) is 46.6 Å². The number of benzene rings is 1. The third-order valence-electron chi connectivity index (χ3n) is 12.2. The summed E-state index contributed by atoms with van der Waals surface area (Å²) in [7, 11) is 0. The molecule has 4 aromatic rings. The second-order valence-electron chi connectivity index (χ2n) is 17.0. The second kappa shape index (κ2) is 16.3. The highest BCUT2D eigenvalue weighted by molar-refractivity contribution is 7.11. The van der Waals surface area contributed by atoms with Crippen molar-refractivity contribution in [3.63, 3.8) is 0 Å². The van der Waals surface area contributed by atoms with Crippen molar-refractivity contribution in [3.05, 3.63) is 94.7 Å². The van der Waals surface area contributed by atoms with E-state index in [1.54, 1.807) is 21.9 Å². The van der Waals surface area contributed by atoms with E-state index in [-0.39, 0.29) is 58.9 Å². The molecule has 0 radical (unpaired) electrons. The summed E-state index contributed by atoms with van der Waals surface area (Å²) < 4.78 is 0. The van der Waals surface area contributed by atoms with Crippen LogP contribution in [0.25, 0.3) is 0 Å². The predicted molar refractivity (Wildman–Crippen MR) is 225 cm³/mol. The fraction of sp³-hybridized carbons (Fsp3) is 0.432. The Hall–Kier alpha value is -5.19. The normalized spacial score (nSPS) is 20.6. The minimum atomic E-state index is -0.609. The summed E-state index contributed by atoms with van der Waals surface area (Å²) in [5, 5.41) is 10.6. The number of piperidine rings is 2. The van der Waals surface area contributed by atoms with E-state index in [9.17, 15) is 38.4 Å². The zero-order chi connectivity index (χ0) is 42.5. The van der Waals surface area contributed by atoms with E-state index in [1.807, 2.05) is 5.38 Å². The van der Waals surface area contributed by atoms with Gasteiger partial charge in [0.2, 0.25) is 23.6 Å². The molecule has 6 amide bonds. The van der Waals surface area contributed by atoms with Crippen molar-refractivity contribution >= 4 is 81.0 Å². The number of carbonyl (C=O) groups excluding carboxylic acids is 8. The van der Waals surface area contributed by atoms with Crippen LogP contribution in [0.1, 0.15) is 135 Å². The van der Waals surface area contributed by atoms with Gasteiger partial charge in [0.15, 0.2) is 10.8 Å². The van der Waals surface area contributed by atoms with E-state index in [0.29, 0.717) is 67.7 Å². The fourth-order valence-electron chi connectivity index (χ4n) is 8.53. The van der Waals surface area contributed by atoms with Crippen molar-refractivity contribution in [3.8, 4) is 0 Å². The number of hydrogen-bond acceptors (Lipinski definition) is 12. The number of aryl methyl sites for hydroxylation is 2. The molecule has 3 aromatic heterocycles. The van der Waals surface area contributed by atoms with Gasteiger partial charge in [-0.05, 0) is 66.2 Å². The van der Waals surface area contributed by atoms with Crippen LogP contribution in [0.3, 0.4) is 0 Å². The molecule has 2 atom stereocenters. The first-order valence-corrected chi connectivity index (χ1v) is 22.8. The lowest BCUT2D eigenvalue weighted by Crippen LogP contribution is -2.52. The van der Waals surface area contributed by atoms with Crippen LogP contribution in [0.2, 0.25) is 0 Å². The Kier molecular flexibility index (Phi) is 11.3. The van der Waals surface area contributed by atoms with Gasteiger partial charge in [-0.3, -0.25) is 49.0 Å². The molecule has 5 aliphatic rings. The Labute approximate surface area is 358 Å². The number of nitrogens with one attached hydrogen (secondary N) is 2. The summed E-state index contributed by atoms with van der Waals surface area (Å²) in [5.74, 6) is -1.47. The van der Waals surface area contributed by atoms with Gasteiger partial charge in [0, 0.05) is 70.9 Å². The summed E-state index contributed by atoms with van der Waals surface area (Å²) in [6, 6.07) is 7.30. The lowest BCUT2D eigenvalue weighted by molar-refractivity contribution is -0.138. The standard InChI is InChI=1S/C27H30N2O4S.C17H15N3O4S2/c1-26(2,3)16-4-6-17(7-5-16)27(12-13-27)22(30)10-9-21-18-14-29(25(33)19(18)15-34-21)20-8-11-23(31)28-24(20)32;21-12(16-18-5-6-25-16)2-3-13-9-7-20(17(24)10(9)8-26-13)11-1-4-14(22)19-15(11)23/h4-7,15,20H,8-14H2,1-3H3,(H,28,31,32);5-6,8,11H,1-4,7H2,(H,19,22,23). The molecule has 0 spiro atoms. The van der Waals surface area contributed by atoms with Crippen molar-refractivity contribution < 1.29 is 38.4 Å². The van der Waals surface area contributed by atoms with Gasteiger partial charge in [-0.15, -0.1) is 34.0 Å². The summed E-state index contributed by atoms with van der Waals surface area (Å²) in [5.41, 5.74) is 5.18. The molecule has 1 saturated carbocycles. The third-order valence-corrected chi connectivity index (χ3v) is 15.2. The van der Waals surface area contributed by atoms with E-state index < -0.39 is 23.9 Å². The number of aromatic nitrogens is 1. The Morgan fingerprint density at radius 2 is 1.27 bits per heavy atom. The van der Waals surface area contributed by atoms with Gasteiger partial charge in [0.1, 0.15) is 17.9 Å². The van der Waals surface area contributed by atoms with Crippen LogP contribution in [0.5, 0.6) is 0 Å². The summed E-state index contributed by atoms with van der Waals surface area (Å²) in [6.45, 7) is 7.28. The quantitative estimate of drug-likeness (QED) is 0.139. The first-order chi connectivity index (χ1) is 28.6. The first-order valence-electron chi connectivity index (χ1n) is 20.2. The Bertz CT molecular complexity index is 2420. The van der Waals surface area contributed by atoms with Crippen LogP contribution < -0.4 is 10.6 Å². The van der Waals surface area contributed by atoms with Crippen molar-refractivity contribution in [1.82, 2.24) is 25.4 Å². The number of thiazole rings is 1. The van der Waals surface area contributed by atoms with Crippen LogP contribution in [-0.2, 0) is 60.7 Å². The van der Waals surface area contributed by atoms with Gasteiger partial charge in [-0.1, -0.05) is 45.0 Å². The van der Waals surface area contributed by atoms with Crippen LogP contribution in [0.4, 0.5) is 0 Å². The average molecular weight is 868 g/mol. The topological polar surface area (TPSA) is 180 Å². The molecule has 312 valence electrons. The minimum absolute atomic E-state index is 0.00602. The van der Waals surface area contributed by atoms with Gasteiger partial charge in [0.05, 0.1) is 16.5 Å². The molecule has 2 saturated heterocycles. The lowest BCUT2D eigenvalue weighted by Gasteiger charge is -2.29. The Morgan fingerprint density at radius 1 is 0.750 bits per heavy atom. The number of imide groups is 2. The molecule has 0 bridgehead atoms. The van der Waals surface area contributed by atoms with E-state index in [0.717, 1.165) is 39.3 Å². The largest absolute Gasteiger partial charge is 0.322 e. The van der Waals surface area contributed by atoms with Gasteiger partial charge in [0.25, 0.3) is 11.8 Å².